The van der Waals surface area contributed by atoms with E-state index in [-0.39, 0.29) is 28.9 Å². The summed E-state index contributed by atoms with van der Waals surface area (Å²) in [6.07, 6.45) is 1.03. The van der Waals surface area contributed by atoms with E-state index in [4.69, 9.17) is 0 Å². The number of hydrogen-bond donors (Lipinski definition) is 0. The van der Waals surface area contributed by atoms with Gasteiger partial charge in [-0.25, -0.2) is 8.42 Å². The van der Waals surface area contributed by atoms with E-state index in [2.05, 4.69) is 15.9 Å². The molecule has 1 aromatic rings. The van der Waals surface area contributed by atoms with Gasteiger partial charge in [0.25, 0.3) is 0 Å². The number of rotatable bonds is 7. The lowest BCUT2D eigenvalue weighted by molar-refractivity contribution is -0.130. The van der Waals surface area contributed by atoms with E-state index in [1.165, 1.54) is 0 Å². The van der Waals surface area contributed by atoms with Crippen molar-refractivity contribution < 1.29 is 18.0 Å². The van der Waals surface area contributed by atoms with E-state index >= 15 is 0 Å². The number of carbonyl (C=O) groups is 2. The highest BCUT2D eigenvalue weighted by atomic mass is 79.9. The third kappa shape index (κ3) is 4.28. The van der Waals surface area contributed by atoms with Crippen molar-refractivity contribution in [3.63, 3.8) is 0 Å². The highest BCUT2D eigenvalue weighted by molar-refractivity contribution is 9.10. The fraction of sp³-hybridized carbons (Fsp3) is 0.556. The Morgan fingerprint density at radius 2 is 1.85 bits per heavy atom. The van der Waals surface area contributed by atoms with Crippen molar-refractivity contribution >= 4 is 43.3 Å². The van der Waals surface area contributed by atoms with Crippen molar-refractivity contribution in [3.8, 4) is 0 Å². The van der Waals surface area contributed by atoms with Gasteiger partial charge in [0, 0.05) is 42.6 Å². The molecule has 0 spiro atoms. The van der Waals surface area contributed by atoms with Gasteiger partial charge < -0.3 is 9.80 Å². The summed E-state index contributed by atoms with van der Waals surface area (Å²) in [6.45, 7) is 7.21. The van der Waals surface area contributed by atoms with Crippen LogP contribution in [0.5, 0.6) is 0 Å². The molecule has 1 heterocycles. The van der Waals surface area contributed by atoms with Crippen LogP contribution in [0.3, 0.4) is 0 Å². The number of nitrogens with zero attached hydrogens (tertiary/aromatic N) is 2. The maximum Gasteiger partial charge on any atom is 0.226 e. The normalized spacial score (nSPS) is 13.6. The van der Waals surface area contributed by atoms with Gasteiger partial charge in [0.05, 0.1) is 10.6 Å². The lowest BCUT2D eigenvalue weighted by Crippen LogP contribution is -2.31. The Labute approximate surface area is 163 Å². The van der Waals surface area contributed by atoms with E-state index in [0.717, 1.165) is 5.56 Å². The van der Waals surface area contributed by atoms with Gasteiger partial charge in [0.15, 0.2) is 9.84 Å². The highest BCUT2D eigenvalue weighted by Gasteiger charge is 2.28. The molecule has 1 aliphatic heterocycles. The zero-order valence-corrected chi connectivity index (χ0v) is 17.8. The van der Waals surface area contributed by atoms with Gasteiger partial charge in [0.1, 0.15) is 0 Å². The van der Waals surface area contributed by atoms with Gasteiger partial charge in [0.2, 0.25) is 11.8 Å². The Bertz CT molecular complexity index is 804. The third-order valence-corrected chi connectivity index (χ3v) is 7.34. The third-order valence-electron chi connectivity index (χ3n) is 4.67. The minimum Gasteiger partial charge on any atom is -0.343 e. The van der Waals surface area contributed by atoms with Crippen LogP contribution in [0, 0.1) is 0 Å². The van der Waals surface area contributed by atoms with Crippen molar-refractivity contribution in [2.45, 2.75) is 44.9 Å². The Kier molecular flexibility index (Phi) is 6.85. The lowest BCUT2D eigenvalue weighted by Gasteiger charge is -2.19. The number of fused-ring (bicyclic) bond motifs is 1. The fourth-order valence-electron chi connectivity index (χ4n) is 3.14. The second-order valence-electron chi connectivity index (χ2n) is 6.20. The molecule has 0 saturated heterocycles. The molecule has 6 nitrogen and oxygen atoms in total. The van der Waals surface area contributed by atoms with Gasteiger partial charge in [-0.05, 0) is 53.9 Å². The molecule has 0 saturated carbocycles. The van der Waals surface area contributed by atoms with Gasteiger partial charge in [-0.3, -0.25) is 9.59 Å². The zero-order chi connectivity index (χ0) is 19.5. The molecule has 0 aromatic heterocycles. The summed E-state index contributed by atoms with van der Waals surface area (Å²) < 4.78 is 26.1. The maximum atomic E-state index is 12.8. The first kappa shape index (κ1) is 20.9. The Hall–Kier alpha value is -1.41. The van der Waals surface area contributed by atoms with E-state index in [1.54, 1.807) is 28.9 Å². The molecule has 144 valence electrons. The van der Waals surface area contributed by atoms with E-state index in [0.29, 0.717) is 42.6 Å². The van der Waals surface area contributed by atoms with Gasteiger partial charge in [-0.2, -0.15) is 0 Å². The first-order valence-electron chi connectivity index (χ1n) is 8.88. The molecule has 0 atom stereocenters. The van der Waals surface area contributed by atoms with Crippen LogP contribution >= 0.6 is 15.9 Å². The minimum atomic E-state index is -3.65. The van der Waals surface area contributed by atoms with Crippen molar-refractivity contribution in [1.29, 1.82) is 0 Å². The van der Waals surface area contributed by atoms with Crippen LogP contribution < -0.4 is 4.90 Å². The summed E-state index contributed by atoms with van der Waals surface area (Å²) in [5, 5.41) is 0. The first-order valence-corrected chi connectivity index (χ1v) is 11.3. The molecule has 1 aliphatic rings. The lowest BCUT2D eigenvalue weighted by atomic mass is 10.2. The summed E-state index contributed by atoms with van der Waals surface area (Å²) in [5.74, 6) is -0.439. The van der Waals surface area contributed by atoms with Crippen LogP contribution in [0.4, 0.5) is 5.69 Å². The van der Waals surface area contributed by atoms with Crippen LogP contribution in [-0.4, -0.2) is 50.5 Å². The van der Waals surface area contributed by atoms with Crippen LogP contribution in [0.2, 0.25) is 0 Å². The number of amides is 2. The van der Waals surface area contributed by atoms with E-state index in [1.807, 2.05) is 13.8 Å². The average molecular weight is 445 g/mol. The topological polar surface area (TPSA) is 74.8 Å². The molecule has 2 rings (SSSR count). The molecule has 0 unspecified atom stereocenters. The fourth-order valence-corrected chi connectivity index (χ4v) is 5.58. The molecule has 0 bridgehead atoms. The summed E-state index contributed by atoms with van der Waals surface area (Å²) in [7, 11) is -3.65. The number of carbonyl (C=O) groups excluding carboxylic acids is 2. The summed E-state index contributed by atoms with van der Waals surface area (Å²) in [5.41, 5.74) is 1.62. The Balaban J connectivity index is 2.27. The van der Waals surface area contributed by atoms with Crippen molar-refractivity contribution in [1.82, 2.24) is 4.90 Å². The standard InChI is InChI=1S/C18H25BrN2O4S/c1-4-17(22)21-9-7-13-11-14(19)16(12-15(13)21)26(24,25)10-8-18(23)20(5-2)6-3/h11-12H,4-10H2,1-3H3. The van der Waals surface area contributed by atoms with Crippen LogP contribution in [0.25, 0.3) is 0 Å². The molecular weight excluding hydrogens is 420 g/mol. The molecule has 0 aliphatic carbocycles. The molecule has 26 heavy (non-hydrogen) atoms. The smallest absolute Gasteiger partial charge is 0.226 e. The van der Waals surface area contributed by atoms with Crippen LogP contribution in [-0.2, 0) is 25.8 Å². The summed E-state index contributed by atoms with van der Waals surface area (Å²) in [4.78, 5) is 27.6. The molecule has 2 amide bonds. The number of sulfone groups is 1. The van der Waals surface area contributed by atoms with Crippen molar-refractivity contribution in [2.24, 2.45) is 0 Å². The molecule has 0 fully saturated rings. The van der Waals surface area contributed by atoms with Crippen LogP contribution in [0.1, 0.15) is 39.2 Å². The highest BCUT2D eigenvalue weighted by Crippen LogP contribution is 2.36. The summed E-state index contributed by atoms with van der Waals surface area (Å²) in [6, 6.07) is 3.34. The second kappa shape index (κ2) is 8.52. The quantitative estimate of drug-likeness (QED) is 0.647. The Morgan fingerprint density at radius 1 is 1.19 bits per heavy atom. The van der Waals surface area contributed by atoms with Crippen molar-refractivity contribution in [3.05, 3.63) is 22.2 Å². The minimum absolute atomic E-state index is 0.0221. The Morgan fingerprint density at radius 3 is 2.42 bits per heavy atom. The largest absolute Gasteiger partial charge is 0.343 e. The van der Waals surface area contributed by atoms with Crippen molar-refractivity contribution in [2.75, 3.05) is 30.3 Å². The van der Waals surface area contributed by atoms with E-state index < -0.39 is 9.84 Å². The predicted octanol–water partition coefficient (Wildman–Crippen LogP) is 2.78. The van der Waals surface area contributed by atoms with E-state index in [9.17, 15) is 18.0 Å². The predicted molar refractivity (Wildman–Crippen MR) is 105 cm³/mol. The maximum absolute atomic E-state index is 12.8. The number of anilines is 1. The van der Waals surface area contributed by atoms with Gasteiger partial charge >= 0.3 is 0 Å². The number of hydrogen-bond acceptors (Lipinski definition) is 4. The molecule has 0 N–H and O–H groups in total. The molecule has 8 heteroatoms. The molecule has 1 aromatic carbocycles. The SMILES string of the molecule is CCC(=O)N1CCc2cc(Br)c(S(=O)(=O)CCC(=O)N(CC)CC)cc21. The number of benzene rings is 1. The molecular formula is C18H25BrN2O4S. The molecule has 0 radical (unpaired) electrons. The summed E-state index contributed by atoms with van der Waals surface area (Å²) >= 11 is 3.35. The second-order valence-corrected chi connectivity index (χ2v) is 9.13. The monoisotopic (exact) mass is 444 g/mol. The first-order chi connectivity index (χ1) is 12.2. The zero-order valence-electron chi connectivity index (χ0n) is 15.4. The average Bonchev–Trinajstić information content (AvgIpc) is 3.02. The van der Waals surface area contributed by atoms with Gasteiger partial charge in [-0.1, -0.05) is 6.92 Å². The number of halogens is 1. The van der Waals surface area contributed by atoms with Crippen LogP contribution in [0.15, 0.2) is 21.5 Å². The van der Waals surface area contributed by atoms with Gasteiger partial charge in [-0.15, -0.1) is 0 Å².